The summed E-state index contributed by atoms with van der Waals surface area (Å²) >= 11 is 0. The van der Waals surface area contributed by atoms with E-state index in [9.17, 15) is 4.79 Å². The van der Waals surface area contributed by atoms with Crippen LogP contribution in [0.3, 0.4) is 0 Å². The number of rotatable bonds is 4. The van der Waals surface area contributed by atoms with Crippen LogP contribution in [0.25, 0.3) is 33.3 Å². The van der Waals surface area contributed by atoms with Gasteiger partial charge in [-0.25, -0.2) is 0 Å². The molecule has 5 rings (SSSR count). The minimum absolute atomic E-state index is 0.0247. The van der Waals surface area contributed by atoms with Gasteiger partial charge in [0.05, 0.1) is 0 Å². The molecule has 2 heterocycles. The van der Waals surface area contributed by atoms with Gasteiger partial charge < -0.3 is 9.73 Å². The van der Waals surface area contributed by atoms with Crippen molar-refractivity contribution in [2.75, 3.05) is 5.32 Å². The molecule has 2 aromatic heterocycles. The summed E-state index contributed by atoms with van der Waals surface area (Å²) in [6.45, 7) is 1.96. The molecule has 0 saturated heterocycles. The number of tetrazole rings is 1. The summed E-state index contributed by atoms with van der Waals surface area (Å²) in [4.78, 5) is 13.8. The zero-order chi connectivity index (χ0) is 19.8. The summed E-state index contributed by atoms with van der Waals surface area (Å²) in [5.74, 6) is 0.271. The van der Waals surface area contributed by atoms with E-state index in [2.05, 4.69) is 20.7 Å². The van der Waals surface area contributed by atoms with Gasteiger partial charge in [0.2, 0.25) is 11.7 Å². The molecule has 0 unspecified atom stereocenters. The van der Waals surface area contributed by atoms with Crippen molar-refractivity contribution in [2.45, 2.75) is 13.5 Å². The third kappa shape index (κ3) is 3.23. The lowest BCUT2D eigenvalue weighted by Gasteiger charge is -2.04. The summed E-state index contributed by atoms with van der Waals surface area (Å²) < 4.78 is 5.82. The summed E-state index contributed by atoms with van der Waals surface area (Å²) in [7, 11) is 0. The zero-order valence-electron chi connectivity index (χ0n) is 15.7. The van der Waals surface area contributed by atoms with Crippen LogP contribution in [0.1, 0.15) is 5.56 Å². The highest BCUT2D eigenvalue weighted by molar-refractivity contribution is 6.06. The lowest BCUT2D eigenvalue weighted by molar-refractivity contribution is -0.117. The van der Waals surface area contributed by atoms with Crippen LogP contribution in [0.5, 0.6) is 0 Å². The molecule has 0 aliphatic heterocycles. The van der Waals surface area contributed by atoms with Gasteiger partial charge in [0.15, 0.2) is 0 Å². The second-order valence-electron chi connectivity index (χ2n) is 6.82. The van der Waals surface area contributed by atoms with E-state index in [-0.39, 0.29) is 12.5 Å². The van der Waals surface area contributed by atoms with Crippen molar-refractivity contribution in [1.82, 2.24) is 20.2 Å². The minimum atomic E-state index is -0.231. The molecule has 0 bridgehead atoms. The average Bonchev–Trinajstić information content (AvgIpc) is 3.32. The number of aromatic nitrogens is 4. The number of nitrogens with one attached hydrogen (secondary N) is 1. The van der Waals surface area contributed by atoms with Gasteiger partial charge in [-0.2, -0.15) is 4.80 Å². The van der Waals surface area contributed by atoms with E-state index in [1.165, 1.54) is 4.80 Å². The summed E-state index contributed by atoms with van der Waals surface area (Å²) in [5.41, 5.74) is 4.24. The number of furan rings is 1. The Labute approximate surface area is 165 Å². The Balaban J connectivity index is 1.34. The number of anilines is 1. The molecule has 0 atom stereocenters. The highest BCUT2D eigenvalue weighted by Gasteiger charge is 2.12. The van der Waals surface area contributed by atoms with Gasteiger partial charge in [0.25, 0.3) is 0 Å². The van der Waals surface area contributed by atoms with E-state index in [0.29, 0.717) is 11.5 Å². The number of carbonyl (C=O) groups is 1. The molecule has 142 valence electrons. The molecule has 0 saturated carbocycles. The first-order chi connectivity index (χ1) is 14.2. The minimum Gasteiger partial charge on any atom is -0.456 e. The first kappa shape index (κ1) is 17.1. The maximum absolute atomic E-state index is 12.5. The van der Waals surface area contributed by atoms with E-state index in [4.69, 9.17) is 4.42 Å². The number of nitrogens with zero attached hydrogens (tertiary/aromatic N) is 4. The van der Waals surface area contributed by atoms with Crippen LogP contribution in [-0.4, -0.2) is 26.1 Å². The quantitative estimate of drug-likeness (QED) is 0.503. The Kier molecular flexibility index (Phi) is 4.05. The summed E-state index contributed by atoms with van der Waals surface area (Å²) in [5, 5.41) is 17.2. The molecule has 0 radical (unpaired) electrons. The van der Waals surface area contributed by atoms with E-state index in [1.807, 2.05) is 73.7 Å². The Morgan fingerprint density at radius 1 is 1.00 bits per heavy atom. The number of hydrogen-bond donors (Lipinski definition) is 1. The van der Waals surface area contributed by atoms with Crippen molar-refractivity contribution in [3.63, 3.8) is 0 Å². The Hall–Kier alpha value is -4.00. The van der Waals surface area contributed by atoms with Crippen LogP contribution in [0.2, 0.25) is 0 Å². The molecule has 3 aromatic carbocycles. The van der Waals surface area contributed by atoms with Gasteiger partial charge in [-0.15, -0.1) is 10.2 Å². The number of para-hydroxylation sites is 1. The molecule has 1 N–H and O–H groups in total. The fourth-order valence-electron chi connectivity index (χ4n) is 3.37. The van der Waals surface area contributed by atoms with Gasteiger partial charge >= 0.3 is 0 Å². The third-order valence-corrected chi connectivity index (χ3v) is 4.78. The Morgan fingerprint density at radius 3 is 2.69 bits per heavy atom. The monoisotopic (exact) mass is 383 g/mol. The van der Waals surface area contributed by atoms with Crippen LogP contribution in [0.4, 0.5) is 5.69 Å². The lowest BCUT2D eigenvalue weighted by Crippen LogP contribution is -2.20. The van der Waals surface area contributed by atoms with Crippen molar-refractivity contribution >= 4 is 33.5 Å². The van der Waals surface area contributed by atoms with Gasteiger partial charge in [0.1, 0.15) is 17.7 Å². The smallest absolute Gasteiger partial charge is 0.248 e. The standard InChI is InChI=1S/C22H17N5O2/c1-14-6-2-3-7-16(14)22-24-26-27(25-22)13-21(28)23-15-10-11-20-18(12-15)17-8-4-5-9-19(17)29-20/h2-12H,13H2,1H3,(H,23,28). The summed E-state index contributed by atoms with van der Waals surface area (Å²) in [6.07, 6.45) is 0. The maximum Gasteiger partial charge on any atom is 0.248 e. The maximum atomic E-state index is 12.5. The van der Waals surface area contributed by atoms with Crippen LogP contribution in [-0.2, 0) is 11.3 Å². The SMILES string of the molecule is Cc1ccccc1-c1nnn(CC(=O)Nc2ccc3oc4ccccc4c3c2)n1. The van der Waals surface area contributed by atoms with Crippen LogP contribution < -0.4 is 5.32 Å². The highest BCUT2D eigenvalue weighted by atomic mass is 16.3. The number of benzene rings is 3. The predicted octanol–water partition coefficient (Wildman–Crippen LogP) is 4.19. The van der Waals surface area contributed by atoms with Crippen molar-refractivity contribution in [2.24, 2.45) is 0 Å². The van der Waals surface area contributed by atoms with Gasteiger partial charge in [-0.3, -0.25) is 4.79 Å². The highest BCUT2D eigenvalue weighted by Crippen LogP contribution is 2.30. The number of aryl methyl sites for hydroxylation is 1. The molecular formula is C22H17N5O2. The van der Waals surface area contributed by atoms with E-state index < -0.39 is 0 Å². The van der Waals surface area contributed by atoms with Crippen molar-refractivity contribution in [1.29, 1.82) is 0 Å². The molecular weight excluding hydrogens is 366 g/mol. The summed E-state index contributed by atoms with van der Waals surface area (Å²) in [6, 6.07) is 21.2. The third-order valence-electron chi connectivity index (χ3n) is 4.78. The van der Waals surface area contributed by atoms with Gasteiger partial charge in [0, 0.05) is 22.0 Å². The fourth-order valence-corrected chi connectivity index (χ4v) is 3.37. The average molecular weight is 383 g/mol. The first-order valence-corrected chi connectivity index (χ1v) is 9.22. The van der Waals surface area contributed by atoms with E-state index in [1.54, 1.807) is 0 Å². The number of amides is 1. The topological polar surface area (TPSA) is 85.8 Å². The van der Waals surface area contributed by atoms with Crippen molar-refractivity contribution < 1.29 is 9.21 Å². The predicted molar refractivity (Wildman–Crippen MR) is 110 cm³/mol. The van der Waals surface area contributed by atoms with E-state index in [0.717, 1.165) is 33.1 Å². The molecule has 1 amide bonds. The van der Waals surface area contributed by atoms with Crippen LogP contribution >= 0.6 is 0 Å². The van der Waals surface area contributed by atoms with Crippen LogP contribution in [0.15, 0.2) is 71.1 Å². The largest absolute Gasteiger partial charge is 0.456 e. The molecule has 0 aliphatic rings. The lowest BCUT2D eigenvalue weighted by atomic mass is 10.1. The second-order valence-corrected chi connectivity index (χ2v) is 6.82. The van der Waals surface area contributed by atoms with Crippen LogP contribution in [0, 0.1) is 6.92 Å². The molecule has 0 spiro atoms. The zero-order valence-corrected chi connectivity index (χ0v) is 15.7. The van der Waals surface area contributed by atoms with E-state index >= 15 is 0 Å². The Morgan fingerprint density at radius 2 is 1.79 bits per heavy atom. The molecule has 0 fully saturated rings. The number of fused-ring (bicyclic) bond motifs is 3. The second kappa shape index (κ2) is 6.87. The molecule has 7 heteroatoms. The molecule has 7 nitrogen and oxygen atoms in total. The van der Waals surface area contributed by atoms with Crippen molar-refractivity contribution in [3.8, 4) is 11.4 Å². The first-order valence-electron chi connectivity index (χ1n) is 9.22. The number of hydrogen-bond acceptors (Lipinski definition) is 5. The molecule has 0 aliphatic carbocycles. The molecule has 29 heavy (non-hydrogen) atoms. The molecule has 5 aromatic rings. The fraction of sp³-hybridized carbons (Fsp3) is 0.0909. The van der Waals surface area contributed by atoms with Gasteiger partial charge in [-0.1, -0.05) is 42.5 Å². The Bertz CT molecular complexity index is 1350. The van der Waals surface area contributed by atoms with Gasteiger partial charge in [-0.05, 0) is 42.0 Å². The normalized spacial score (nSPS) is 11.2. The number of carbonyl (C=O) groups excluding carboxylic acids is 1. The van der Waals surface area contributed by atoms with Crippen molar-refractivity contribution in [3.05, 3.63) is 72.3 Å².